The third kappa shape index (κ3) is 6.00. The van der Waals surface area contributed by atoms with Crippen LogP contribution in [0.5, 0.6) is 0 Å². The molecule has 0 saturated heterocycles. The summed E-state index contributed by atoms with van der Waals surface area (Å²) in [6, 6.07) is 32.6. The van der Waals surface area contributed by atoms with Crippen molar-refractivity contribution in [3.05, 3.63) is 91.0 Å². The zero-order valence-corrected chi connectivity index (χ0v) is 16.4. The summed E-state index contributed by atoms with van der Waals surface area (Å²) in [5.41, 5.74) is 0. The molecule has 0 saturated carbocycles. The third-order valence-corrected chi connectivity index (χ3v) is 7.21. The molecule has 23 heavy (non-hydrogen) atoms. The monoisotopic (exact) mass is 432 g/mol. The van der Waals surface area contributed by atoms with Gasteiger partial charge in [0.25, 0.3) is 6.79 Å². The molecule has 0 aliphatic carbocycles. The van der Waals surface area contributed by atoms with E-state index in [4.69, 9.17) is 4.79 Å². The van der Waals surface area contributed by atoms with E-state index in [0.29, 0.717) is 0 Å². The van der Waals surface area contributed by atoms with Crippen LogP contribution in [0.4, 0.5) is 0 Å². The Bertz CT molecular complexity index is 556. The molecule has 4 heteroatoms. The van der Waals surface area contributed by atoms with Crippen LogP contribution in [0, 0.1) is 0 Å². The van der Waals surface area contributed by atoms with Gasteiger partial charge in [0, 0.05) is 0 Å². The van der Waals surface area contributed by atoms with Gasteiger partial charge in [0.1, 0.15) is 0 Å². The molecule has 1 unspecified atom stereocenters. The van der Waals surface area contributed by atoms with Crippen molar-refractivity contribution in [2.75, 3.05) is 0 Å². The summed E-state index contributed by atoms with van der Waals surface area (Å²) < 4.78 is 4.39. The van der Waals surface area contributed by atoms with Crippen LogP contribution in [0.15, 0.2) is 91.0 Å². The topological polar surface area (TPSA) is 17.1 Å². The minimum absolute atomic E-state index is 0. The molecule has 0 aliphatic rings. The van der Waals surface area contributed by atoms with Gasteiger partial charge in [0.15, 0.2) is 0 Å². The Balaban J connectivity index is 0.00000117. The van der Waals surface area contributed by atoms with E-state index in [2.05, 4.69) is 97.8 Å². The normalized spacial score (nSPS) is 9.30. The Hall–Kier alpha value is -1.33. The van der Waals surface area contributed by atoms with Crippen molar-refractivity contribution in [2.45, 2.75) is 0 Å². The summed E-state index contributed by atoms with van der Waals surface area (Å²) in [4.78, 5) is 7.50. The molecule has 2 radical (unpaired) electrons. The van der Waals surface area contributed by atoms with Crippen molar-refractivity contribution in [2.24, 2.45) is 0 Å². The summed E-state index contributed by atoms with van der Waals surface area (Å²) in [6.45, 7) is 4.50. The molecule has 3 aromatic rings. The Morgan fingerprint density at radius 2 is 0.739 bits per heavy atom. The summed E-state index contributed by atoms with van der Waals surface area (Å²) in [7, 11) is 0. The molecule has 0 N–H and O–H groups in total. The van der Waals surface area contributed by atoms with Crippen LogP contribution >= 0.6 is 22.3 Å². The summed E-state index contributed by atoms with van der Waals surface area (Å²) in [5, 5.41) is 0. The fraction of sp³-hybridized carbons (Fsp3) is 0. The molecule has 1 nitrogen and oxygen atoms in total. The molecule has 0 fully saturated rings. The van der Waals surface area contributed by atoms with Gasteiger partial charge in [-0.05, 0) is 0 Å². The Morgan fingerprint density at radius 1 is 0.522 bits per heavy atom. The zero-order valence-electron chi connectivity index (χ0n) is 12.5. The van der Waals surface area contributed by atoms with E-state index in [1.165, 1.54) is 12.5 Å². The molecule has 3 rings (SSSR count). The van der Waals surface area contributed by atoms with Gasteiger partial charge in [-0.1, -0.05) is 0 Å². The van der Waals surface area contributed by atoms with Gasteiger partial charge in [0.2, 0.25) is 0 Å². The average molecular weight is 433 g/mol. The van der Waals surface area contributed by atoms with Crippen LogP contribution in [0.25, 0.3) is 0 Å². The molecule has 0 aromatic heterocycles. The van der Waals surface area contributed by atoms with Gasteiger partial charge >= 0.3 is 119 Å². The Kier molecular flexibility index (Phi) is 11.4. The van der Waals surface area contributed by atoms with E-state index in [9.17, 15) is 0 Å². The van der Waals surface area contributed by atoms with Gasteiger partial charge in [-0.15, -0.1) is 12.4 Å². The summed E-state index contributed by atoms with van der Waals surface area (Å²) >= 11 is -1.21. The van der Waals surface area contributed by atoms with Crippen molar-refractivity contribution in [1.82, 2.24) is 0 Å². The predicted octanol–water partition coefficient (Wildman–Crippen LogP) is 2.66. The molecule has 0 amide bonds. The van der Waals surface area contributed by atoms with Gasteiger partial charge in [-0.3, -0.25) is 4.79 Å². The number of hydrogen-bond acceptors (Lipinski definition) is 1. The van der Waals surface area contributed by atoms with E-state index in [0.717, 1.165) is 0 Å². The summed E-state index contributed by atoms with van der Waals surface area (Å²) in [6.07, 6.45) is 0. The number of rotatable bonds is 3. The van der Waals surface area contributed by atoms with Crippen LogP contribution in [0.3, 0.4) is 0 Å². The standard InChI is InChI=1S/3C6H5.CO.ClH.H3P.Rh/c3*1-2-4-6-5-3-1;1-2;;;/h3*1-5H;;1H;1H3;. The van der Waals surface area contributed by atoms with Crippen LogP contribution in [-0.2, 0) is 20.7 Å². The first-order valence-electron chi connectivity index (χ1n) is 6.44. The first-order chi connectivity index (χ1) is 10.4. The van der Waals surface area contributed by atoms with E-state index in [-0.39, 0.29) is 22.3 Å². The quantitative estimate of drug-likeness (QED) is 0.459. The Labute approximate surface area is 153 Å². The van der Waals surface area contributed by atoms with E-state index in [1.807, 2.05) is 0 Å². The van der Waals surface area contributed by atoms with Crippen molar-refractivity contribution in [3.8, 4) is 0 Å². The van der Waals surface area contributed by atoms with Crippen LogP contribution < -0.4 is 12.5 Å². The fourth-order valence-corrected chi connectivity index (χ4v) is 6.11. The fourth-order valence-electron chi connectivity index (χ4n) is 1.88. The molecule has 0 aliphatic heterocycles. The number of benzene rings is 3. The van der Waals surface area contributed by atoms with E-state index in [1.54, 1.807) is 0 Å². The Morgan fingerprint density at radius 3 is 0.957 bits per heavy atom. The first-order valence-corrected chi connectivity index (χ1v) is 8.89. The van der Waals surface area contributed by atoms with Crippen LogP contribution in [0.1, 0.15) is 0 Å². The molecule has 1 atom stereocenters. The van der Waals surface area contributed by atoms with Gasteiger partial charge in [-0.2, -0.15) is 9.90 Å². The second-order valence-electron chi connectivity index (χ2n) is 4.06. The maximum atomic E-state index is 7.50. The first kappa shape index (κ1) is 21.7. The summed E-state index contributed by atoms with van der Waals surface area (Å²) in [5.74, 6) is 0. The predicted molar refractivity (Wildman–Crippen MR) is 102 cm³/mol. The van der Waals surface area contributed by atoms with Crippen molar-refractivity contribution in [3.63, 3.8) is 0 Å². The van der Waals surface area contributed by atoms with Crippen molar-refractivity contribution in [1.29, 1.82) is 0 Å². The maximum absolute atomic E-state index is 7.50. The zero-order chi connectivity index (χ0) is 14.9. The second-order valence-corrected chi connectivity index (χ2v) is 8.13. The van der Waals surface area contributed by atoms with Gasteiger partial charge < -0.3 is 0 Å². The number of carbonyl (C=O) groups excluding carboxylic acids is 1. The molecule has 0 heterocycles. The van der Waals surface area contributed by atoms with Crippen LogP contribution in [0.2, 0.25) is 0 Å². The van der Waals surface area contributed by atoms with Crippen LogP contribution in [-0.4, -0.2) is 6.79 Å². The minimum atomic E-state index is -1.21. The number of hydrogen-bond donors (Lipinski definition) is 0. The van der Waals surface area contributed by atoms with Gasteiger partial charge in [-0.25, -0.2) is 0 Å². The van der Waals surface area contributed by atoms with Crippen molar-refractivity contribution < 1.29 is 20.7 Å². The SMILES string of the molecule is Cl.P.[C]=O.c1cc[c]([Rh]([c]2ccccc2)[c]2ccccc2)cc1. The number of halogens is 1. The molecular weight excluding hydrogens is 414 g/mol. The van der Waals surface area contributed by atoms with Gasteiger partial charge in [0.05, 0.1) is 0 Å². The average Bonchev–Trinajstić information content (AvgIpc) is 2.60. The molecule has 0 spiro atoms. The van der Waals surface area contributed by atoms with Crippen molar-refractivity contribution >= 4 is 41.6 Å². The molecule has 3 aromatic carbocycles. The molecule has 122 valence electrons. The third-order valence-electron chi connectivity index (χ3n) is 2.73. The molecule has 0 bridgehead atoms. The second kappa shape index (κ2) is 12.1. The molecular formula is C19H19ClOPRh. The van der Waals surface area contributed by atoms with E-state index < -0.39 is 16.0 Å². The van der Waals surface area contributed by atoms with E-state index >= 15 is 0 Å².